The van der Waals surface area contributed by atoms with Crippen molar-refractivity contribution in [1.29, 1.82) is 0 Å². The van der Waals surface area contributed by atoms with Crippen molar-refractivity contribution in [3.05, 3.63) is 29.8 Å². The molecule has 1 fully saturated rings. The first-order valence-corrected chi connectivity index (χ1v) is 5.93. The van der Waals surface area contributed by atoms with Crippen LogP contribution in [-0.2, 0) is 0 Å². The Labute approximate surface area is 106 Å². The normalized spacial score (nSPS) is 18.9. The number of aromatic nitrogens is 1. The lowest BCUT2D eigenvalue weighted by Gasteiger charge is -2.34. The van der Waals surface area contributed by atoms with Crippen molar-refractivity contribution in [1.82, 2.24) is 4.98 Å². The first-order valence-electron chi connectivity index (χ1n) is 5.93. The number of nitrogens with two attached hydrogens (primary N) is 2. The summed E-state index contributed by atoms with van der Waals surface area (Å²) in [6.45, 7) is 2.08. The molecule has 2 rings (SSSR count). The SMILES string of the molecule is CC1(N=C/C(=C\N)c2cc(N)ncc2F)CCC1. The van der Waals surface area contributed by atoms with Crippen LogP contribution in [0.3, 0.4) is 0 Å². The molecule has 4 nitrogen and oxygen atoms in total. The fraction of sp³-hybridized carbons (Fsp3) is 0.385. The number of anilines is 1. The highest BCUT2D eigenvalue weighted by atomic mass is 19.1. The maximum Gasteiger partial charge on any atom is 0.149 e. The summed E-state index contributed by atoms with van der Waals surface area (Å²) < 4.78 is 13.6. The van der Waals surface area contributed by atoms with Gasteiger partial charge in [0.05, 0.1) is 11.7 Å². The molecule has 96 valence electrons. The average Bonchev–Trinajstić information content (AvgIpc) is 2.32. The van der Waals surface area contributed by atoms with Gasteiger partial charge in [-0.1, -0.05) is 0 Å². The van der Waals surface area contributed by atoms with E-state index in [9.17, 15) is 4.39 Å². The Hall–Kier alpha value is -1.91. The van der Waals surface area contributed by atoms with Crippen molar-refractivity contribution in [3.63, 3.8) is 0 Å². The molecule has 0 unspecified atom stereocenters. The van der Waals surface area contributed by atoms with Crippen LogP contribution in [0.1, 0.15) is 31.7 Å². The molecule has 5 heteroatoms. The molecule has 4 N–H and O–H groups in total. The Morgan fingerprint density at radius 2 is 2.28 bits per heavy atom. The van der Waals surface area contributed by atoms with Gasteiger partial charge in [0, 0.05) is 23.6 Å². The van der Waals surface area contributed by atoms with Gasteiger partial charge in [0.25, 0.3) is 0 Å². The van der Waals surface area contributed by atoms with Gasteiger partial charge in [0.2, 0.25) is 0 Å². The van der Waals surface area contributed by atoms with Crippen LogP contribution in [0.4, 0.5) is 10.2 Å². The van der Waals surface area contributed by atoms with Crippen LogP contribution in [-0.4, -0.2) is 16.7 Å². The minimum absolute atomic E-state index is 0.0245. The molecule has 1 aliphatic rings. The van der Waals surface area contributed by atoms with Gasteiger partial charge in [-0.2, -0.15) is 0 Å². The van der Waals surface area contributed by atoms with Crippen molar-refractivity contribution in [3.8, 4) is 0 Å². The van der Waals surface area contributed by atoms with E-state index in [1.807, 2.05) is 0 Å². The zero-order valence-electron chi connectivity index (χ0n) is 10.4. The maximum atomic E-state index is 13.6. The minimum Gasteiger partial charge on any atom is -0.404 e. The lowest BCUT2D eigenvalue weighted by atomic mass is 9.79. The van der Waals surface area contributed by atoms with Gasteiger partial charge < -0.3 is 11.5 Å². The summed E-state index contributed by atoms with van der Waals surface area (Å²) in [6, 6.07) is 1.46. The summed E-state index contributed by atoms with van der Waals surface area (Å²) in [7, 11) is 0. The largest absolute Gasteiger partial charge is 0.404 e. The smallest absolute Gasteiger partial charge is 0.149 e. The Morgan fingerprint density at radius 1 is 1.56 bits per heavy atom. The summed E-state index contributed by atoms with van der Waals surface area (Å²) in [5.41, 5.74) is 11.9. The Morgan fingerprint density at radius 3 is 2.83 bits per heavy atom. The van der Waals surface area contributed by atoms with E-state index in [0.717, 1.165) is 19.0 Å². The molecule has 0 spiro atoms. The van der Waals surface area contributed by atoms with E-state index in [0.29, 0.717) is 11.1 Å². The van der Waals surface area contributed by atoms with E-state index in [-0.39, 0.29) is 11.4 Å². The van der Waals surface area contributed by atoms with Gasteiger partial charge in [-0.3, -0.25) is 4.99 Å². The summed E-state index contributed by atoms with van der Waals surface area (Å²) in [6.07, 6.45) is 7.35. The van der Waals surface area contributed by atoms with Gasteiger partial charge in [-0.25, -0.2) is 9.37 Å². The van der Waals surface area contributed by atoms with Gasteiger partial charge in [-0.05, 0) is 32.3 Å². The second-order valence-corrected chi connectivity index (χ2v) is 4.82. The molecule has 1 heterocycles. The number of nitrogen functional groups attached to an aromatic ring is 1. The number of pyridine rings is 1. The Kier molecular flexibility index (Phi) is 3.32. The standard InChI is InChI=1S/C13H17FN4/c1-13(3-2-4-13)18-7-9(6-15)10-5-12(16)17-8-11(10)14/h5-8H,2-4,15H2,1H3,(H2,16,17)/b9-6+,18-7?. The second-order valence-electron chi connectivity index (χ2n) is 4.82. The topological polar surface area (TPSA) is 77.3 Å². The fourth-order valence-electron chi connectivity index (χ4n) is 1.92. The van der Waals surface area contributed by atoms with E-state index in [2.05, 4.69) is 16.9 Å². The number of allylic oxidation sites excluding steroid dienone is 1. The van der Waals surface area contributed by atoms with Crippen molar-refractivity contribution in [2.24, 2.45) is 10.7 Å². The van der Waals surface area contributed by atoms with Gasteiger partial charge >= 0.3 is 0 Å². The molecule has 0 aliphatic heterocycles. The maximum absolute atomic E-state index is 13.6. The lowest BCUT2D eigenvalue weighted by Crippen LogP contribution is -2.30. The first kappa shape index (κ1) is 12.5. The molecule has 1 aliphatic carbocycles. The summed E-state index contributed by atoms with van der Waals surface area (Å²) in [4.78, 5) is 8.16. The van der Waals surface area contributed by atoms with Crippen molar-refractivity contribution in [2.75, 3.05) is 5.73 Å². The number of hydrogen-bond acceptors (Lipinski definition) is 4. The molecule has 0 amide bonds. The third kappa shape index (κ3) is 2.50. The molecule has 18 heavy (non-hydrogen) atoms. The average molecular weight is 248 g/mol. The van der Waals surface area contributed by atoms with E-state index in [1.54, 1.807) is 6.21 Å². The number of aliphatic imine (C=N–C) groups is 1. The number of rotatable bonds is 3. The highest BCUT2D eigenvalue weighted by Gasteiger charge is 2.30. The molecule has 0 saturated heterocycles. The zero-order chi connectivity index (χ0) is 13.2. The molecule has 0 radical (unpaired) electrons. The monoisotopic (exact) mass is 248 g/mol. The predicted octanol–water partition coefficient (Wildman–Crippen LogP) is 2.12. The summed E-state index contributed by atoms with van der Waals surface area (Å²) in [5, 5.41) is 0. The molecule has 0 atom stereocenters. The van der Waals surface area contributed by atoms with Gasteiger partial charge in [-0.15, -0.1) is 0 Å². The zero-order valence-corrected chi connectivity index (χ0v) is 10.4. The highest BCUT2D eigenvalue weighted by Crippen LogP contribution is 2.35. The Bertz CT molecular complexity index is 504. The van der Waals surface area contributed by atoms with Crippen molar-refractivity contribution in [2.45, 2.75) is 31.7 Å². The van der Waals surface area contributed by atoms with Crippen molar-refractivity contribution < 1.29 is 4.39 Å². The Balaban J connectivity index is 2.26. The molecule has 1 saturated carbocycles. The number of hydrogen-bond donors (Lipinski definition) is 2. The molecular formula is C13H17FN4. The molecule has 1 aromatic heterocycles. The van der Waals surface area contributed by atoms with Crippen LogP contribution in [0.15, 0.2) is 23.5 Å². The number of halogens is 1. The van der Waals surface area contributed by atoms with Crippen LogP contribution in [0.2, 0.25) is 0 Å². The third-order valence-corrected chi connectivity index (χ3v) is 3.31. The summed E-state index contributed by atoms with van der Waals surface area (Å²) in [5.74, 6) is -0.194. The molecule has 0 bridgehead atoms. The van der Waals surface area contributed by atoms with Crippen LogP contribution in [0.5, 0.6) is 0 Å². The van der Waals surface area contributed by atoms with Crippen LogP contribution in [0.25, 0.3) is 5.57 Å². The number of nitrogens with zero attached hydrogens (tertiary/aromatic N) is 2. The van der Waals surface area contributed by atoms with E-state index in [1.165, 1.54) is 18.7 Å². The van der Waals surface area contributed by atoms with Crippen LogP contribution >= 0.6 is 0 Å². The predicted molar refractivity (Wildman–Crippen MR) is 71.5 cm³/mol. The first-order chi connectivity index (χ1) is 8.54. The minimum atomic E-state index is -0.453. The molecular weight excluding hydrogens is 231 g/mol. The third-order valence-electron chi connectivity index (χ3n) is 3.31. The van der Waals surface area contributed by atoms with Gasteiger partial charge in [0.1, 0.15) is 11.6 Å². The quantitative estimate of drug-likeness (QED) is 0.804. The van der Waals surface area contributed by atoms with Crippen molar-refractivity contribution >= 4 is 17.6 Å². The second kappa shape index (κ2) is 4.76. The lowest BCUT2D eigenvalue weighted by molar-refractivity contribution is 0.281. The van der Waals surface area contributed by atoms with E-state index in [4.69, 9.17) is 11.5 Å². The highest BCUT2D eigenvalue weighted by molar-refractivity contribution is 6.10. The van der Waals surface area contributed by atoms with Gasteiger partial charge in [0.15, 0.2) is 0 Å². The molecule has 0 aromatic carbocycles. The van der Waals surface area contributed by atoms with E-state index >= 15 is 0 Å². The summed E-state index contributed by atoms with van der Waals surface area (Å²) >= 11 is 0. The molecule has 1 aromatic rings. The van der Waals surface area contributed by atoms with Crippen LogP contribution in [0, 0.1) is 5.82 Å². The van der Waals surface area contributed by atoms with Crippen LogP contribution < -0.4 is 11.5 Å². The fourth-order valence-corrected chi connectivity index (χ4v) is 1.92. The van der Waals surface area contributed by atoms with E-state index < -0.39 is 5.82 Å².